The minimum Gasteiger partial charge on any atom is -0.497 e. The average Bonchev–Trinajstić information content (AvgIpc) is 3.31. The van der Waals surface area contributed by atoms with E-state index < -0.39 is 0 Å². The van der Waals surface area contributed by atoms with Crippen molar-refractivity contribution in [3.63, 3.8) is 0 Å². The van der Waals surface area contributed by atoms with Gasteiger partial charge in [0.25, 0.3) is 5.91 Å². The van der Waals surface area contributed by atoms with Crippen LogP contribution in [0.25, 0.3) is 22.2 Å². The van der Waals surface area contributed by atoms with Gasteiger partial charge in [0.1, 0.15) is 5.75 Å². The fourth-order valence-electron chi connectivity index (χ4n) is 5.83. The first kappa shape index (κ1) is 26.5. The monoisotopic (exact) mass is 514 g/mol. The lowest BCUT2D eigenvalue weighted by molar-refractivity contribution is 0.0595. The number of fused-ring (bicyclic) bond motifs is 1. The first-order valence-electron chi connectivity index (χ1n) is 14.1. The van der Waals surface area contributed by atoms with Gasteiger partial charge in [-0.3, -0.25) is 14.6 Å². The fraction of sp³-hybridized carbons (Fsp3) is 0.469. The molecule has 0 saturated carbocycles. The molecule has 6 nitrogen and oxygen atoms in total. The highest BCUT2D eigenvalue weighted by atomic mass is 16.5. The van der Waals surface area contributed by atoms with Gasteiger partial charge in [0.05, 0.1) is 12.6 Å². The Bertz CT molecular complexity index is 1300. The van der Waals surface area contributed by atoms with Crippen molar-refractivity contribution >= 4 is 22.4 Å². The number of carbonyl (C=O) groups excluding carboxylic acids is 1. The summed E-state index contributed by atoms with van der Waals surface area (Å²) >= 11 is 0. The molecule has 5 rings (SSSR count). The molecular weight excluding hydrogens is 472 g/mol. The van der Waals surface area contributed by atoms with Gasteiger partial charge in [0.15, 0.2) is 0 Å². The molecule has 2 aliphatic rings. The summed E-state index contributed by atoms with van der Waals surface area (Å²) in [5, 5.41) is 1.20. The summed E-state index contributed by atoms with van der Waals surface area (Å²) in [5.74, 6) is 1.63. The Kier molecular flexibility index (Phi) is 7.91. The van der Waals surface area contributed by atoms with Crippen LogP contribution in [0.5, 0.6) is 5.75 Å². The van der Waals surface area contributed by atoms with Crippen LogP contribution in [0.15, 0.2) is 54.7 Å². The van der Waals surface area contributed by atoms with E-state index in [-0.39, 0.29) is 5.91 Å². The molecule has 2 aromatic carbocycles. The maximum Gasteiger partial charge on any atom is 0.254 e. The largest absolute Gasteiger partial charge is 0.497 e. The molecule has 1 fully saturated rings. The number of rotatable bonds is 7. The van der Waals surface area contributed by atoms with Crippen LogP contribution in [-0.4, -0.2) is 84.1 Å². The van der Waals surface area contributed by atoms with Gasteiger partial charge in [-0.2, -0.15) is 0 Å². The van der Waals surface area contributed by atoms with Gasteiger partial charge in [-0.15, -0.1) is 0 Å². The van der Waals surface area contributed by atoms with Crippen LogP contribution in [0.1, 0.15) is 50.0 Å². The third-order valence-corrected chi connectivity index (χ3v) is 8.00. The van der Waals surface area contributed by atoms with E-state index in [0.717, 1.165) is 74.8 Å². The first-order valence-corrected chi connectivity index (χ1v) is 14.1. The summed E-state index contributed by atoms with van der Waals surface area (Å²) in [4.78, 5) is 20.5. The smallest absolute Gasteiger partial charge is 0.254 e. The Morgan fingerprint density at radius 1 is 0.947 bits per heavy atom. The number of nitrogens with zero attached hydrogens (tertiary/aromatic N) is 4. The highest BCUT2D eigenvalue weighted by Crippen LogP contribution is 2.34. The summed E-state index contributed by atoms with van der Waals surface area (Å²) in [5.41, 5.74) is 5.56. The van der Waals surface area contributed by atoms with Crippen molar-refractivity contribution in [3.8, 4) is 11.4 Å². The van der Waals surface area contributed by atoms with Crippen molar-refractivity contribution in [2.75, 3.05) is 52.9 Å². The molecule has 0 unspecified atom stereocenters. The second-order valence-electron chi connectivity index (χ2n) is 11.4. The van der Waals surface area contributed by atoms with Crippen LogP contribution in [0.4, 0.5) is 0 Å². The molecule has 0 bridgehead atoms. The highest BCUT2D eigenvalue weighted by Gasteiger charge is 2.25. The van der Waals surface area contributed by atoms with E-state index >= 15 is 0 Å². The number of benzene rings is 2. The summed E-state index contributed by atoms with van der Waals surface area (Å²) in [6.07, 6.45) is 5.69. The van der Waals surface area contributed by atoms with Crippen LogP contribution in [0.2, 0.25) is 0 Å². The zero-order valence-electron chi connectivity index (χ0n) is 23.6. The van der Waals surface area contributed by atoms with Gasteiger partial charge < -0.3 is 14.2 Å². The summed E-state index contributed by atoms with van der Waals surface area (Å²) in [6.45, 7) is 15.6. The Balaban J connectivity index is 1.49. The van der Waals surface area contributed by atoms with E-state index in [1.54, 1.807) is 7.11 Å². The van der Waals surface area contributed by atoms with Gasteiger partial charge in [-0.05, 0) is 68.2 Å². The predicted octanol–water partition coefficient (Wildman–Crippen LogP) is 5.55. The Morgan fingerprint density at radius 2 is 1.68 bits per heavy atom. The molecule has 3 heterocycles. The van der Waals surface area contributed by atoms with Crippen molar-refractivity contribution in [1.82, 2.24) is 19.3 Å². The van der Waals surface area contributed by atoms with Gasteiger partial charge >= 0.3 is 0 Å². The number of ether oxygens (including phenoxy) is 1. The molecule has 0 radical (unpaired) electrons. The summed E-state index contributed by atoms with van der Waals surface area (Å²) in [6, 6.07) is 14.9. The van der Waals surface area contributed by atoms with E-state index in [0.29, 0.717) is 12.0 Å². The Morgan fingerprint density at radius 3 is 2.29 bits per heavy atom. The lowest BCUT2D eigenvalue weighted by Crippen LogP contribution is -2.50. The van der Waals surface area contributed by atoms with Gasteiger partial charge in [0, 0.05) is 80.3 Å². The van der Waals surface area contributed by atoms with Crippen LogP contribution < -0.4 is 4.74 Å². The number of carbonyl (C=O) groups is 1. The molecule has 3 aromatic rings. The molecule has 0 aliphatic carbocycles. The number of piperazine rings is 1. The second-order valence-corrected chi connectivity index (χ2v) is 11.4. The summed E-state index contributed by atoms with van der Waals surface area (Å²) in [7, 11) is 1.69. The Hall–Kier alpha value is -3.09. The molecule has 1 saturated heterocycles. The van der Waals surface area contributed by atoms with Crippen molar-refractivity contribution in [2.24, 2.45) is 5.92 Å². The topological polar surface area (TPSA) is 41.0 Å². The zero-order valence-corrected chi connectivity index (χ0v) is 23.6. The SMILES string of the molecule is COc1ccc(-n2cc(C3=CCN(CC(C)C)CC3)c3ccc(C(=O)N4CCN(C(C)C)CC4)cc32)cc1. The average molecular weight is 515 g/mol. The molecule has 0 spiro atoms. The predicted molar refractivity (Wildman–Crippen MR) is 156 cm³/mol. The van der Waals surface area contributed by atoms with E-state index in [4.69, 9.17) is 4.74 Å². The minimum atomic E-state index is 0.126. The van der Waals surface area contributed by atoms with Gasteiger partial charge in [-0.25, -0.2) is 0 Å². The van der Waals surface area contributed by atoms with E-state index in [1.807, 2.05) is 23.1 Å². The molecule has 2 aliphatic heterocycles. The molecule has 0 atom stereocenters. The second kappa shape index (κ2) is 11.3. The third-order valence-electron chi connectivity index (χ3n) is 8.00. The standard InChI is InChI=1S/C32H42N4O2/c1-23(2)21-33-14-12-25(13-15-33)30-22-36(27-7-9-28(38-5)10-8-27)31-20-26(6-11-29(30)31)32(37)35-18-16-34(17-19-35)24(3)4/h6-12,20,22-24H,13-19,21H2,1-5H3. The van der Waals surface area contributed by atoms with Gasteiger partial charge in [-0.1, -0.05) is 26.0 Å². The van der Waals surface area contributed by atoms with Crippen LogP contribution in [0, 0.1) is 5.92 Å². The molecule has 1 amide bonds. The Labute approximate surface area is 227 Å². The molecule has 1 aromatic heterocycles. The van der Waals surface area contributed by atoms with Crippen LogP contribution in [-0.2, 0) is 0 Å². The van der Waals surface area contributed by atoms with Crippen molar-refractivity contribution < 1.29 is 9.53 Å². The lowest BCUT2D eigenvalue weighted by atomic mass is 9.97. The number of hydrogen-bond acceptors (Lipinski definition) is 4. The van der Waals surface area contributed by atoms with Crippen LogP contribution in [0.3, 0.4) is 0 Å². The maximum atomic E-state index is 13.5. The third kappa shape index (κ3) is 5.52. The quantitative estimate of drug-likeness (QED) is 0.415. The number of amides is 1. The maximum absolute atomic E-state index is 13.5. The van der Waals surface area contributed by atoms with Crippen LogP contribution >= 0.6 is 0 Å². The van der Waals surface area contributed by atoms with E-state index in [1.165, 1.54) is 16.5 Å². The van der Waals surface area contributed by atoms with Crippen molar-refractivity contribution in [1.29, 1.82) is 0 Å². The molecule has 202 valence electrons. The van der Waals surface area contributed by atoms with Gasteiger partial charge in [0.2, 0.25) is 0 Å². The molecular formula is C32H42N4O2. The first-order chi connectivity index (χ1) is 18.3. The number of methoxy groups -OCH3 is 1. The summed E-state index contributed by atoms with van der Waals surface area (Å²) < 4.78 is 7.63. The fourth-order valence-corrected chi connectivity index (χ4v) is 5.83. The molecule has 6 heteroatoms. The molecule has 0 N–H and O–H groups in total. The number of aromatic nitrogens is 1. The van der Waals surface area contributed by atoms with E-state index in [9.17, 15) is 4.79 Å². The lowest BCUT2D eigenvalue weighted by Gasteiger charge is -2.37. The minimum absolute atomic E-state index is 0.126. The van der Waals surface area contributed by atoms with Crippen molar-refractivity contribution in [3.05, 3.63) is 65.9 Å². The molecule has 38 heavy (non-hydrogen) atoms. The zero-order chi connectivity index (χ0) is 26.8. The number of hydrogen-bond donors (Lipinski definition) is 0. The highest BCUT2D eigenvalue weighted by molar-refractivity contribution is 6.01. The van der Waals surface area contributed by atoms with E-state index in [2.05, 4.69) is 78.6 Å². The van der Waals surface area contributed by atoms with Crippen molar-refractivity contribution in [2.45, 2.75) is 40.2 Å². The normalized spacial score (nSPS) is 17.4.